The maximum Gasteiger partial charge on any atom is 0.278 e. The molecule has 0 bridgehead atoms. The number of carbonyl (C=O) groups is 2. The molecule has 0 radical (unpaired) electrons. The molecule has 1 aromatic carbocycles. The Hall–Kier alpha value is -1.88. The molecule has 19 heavy (non-hydrogen) atoms. The van der Waals surface area contributed by atoms with Crippen molar-refractivity contribution >= 4 is 11.9 Å². The smallest absolute Gasteiger partial charge is 0.278 e. The Labute approximate surface area is 112 Å². The first-order valence-electron chi connectivity index (χ1n) is 6.44. The normalized spacial score (nSPS) is 22.9. The maximum atomic E-state index is 11.8. The van der Waals surface area contributed by atoms with Gasteiger partial charge in [-0.3, -0.25) is 4.79 Å². The Kier molecular flexibility index (Phi) is 4.16. The molecule has 1 aliphatic rings. The third-order valence-electron chi connectivity index (χ3n) is 3.48. The summed E-state index contributed by atoms with van der Waals surface area (Å²) in [7, 11) is 0. The van der Waals surface area contributed by atoms with Crippen LogP contribution in [0.1, 0.15) is 17.5 Å². The lowest BCUT2D eigenvalue weighted by Crippen LogP contribution is -3.18. The predicted molar refractivity (Wildman–Crippen MR) is 67.1 cm³/mol. The summed E-state index contributed by atoms with van der Waals surface area (Å²) >= 11 is 0. The second kappa shape index (κ2) is 5.84. The van der Waals surface area contributed by atoms with Gasteiger partial charge in [-0.05, 0) is 6.92 Å². The zero-order valence-corrected chi connectivity index (χ0v) is 10.9. The van der Waals surface area contributed by atoms with Crippen LogP contribution in [0.3, 0.4) is 0 Å². The van der Waals surface area contributed by atoms with Crippen LogP contribution in [-0.2, 0) is 16.1 Å². The van der Waals surface area contributed by atoms with Crippen molar-refractivity contribution in [2.75, 3.05) is 13.1 Å². The van der Waals surface area contributed by atoms with Crippen LogP contribution >= 0.6 is 0 Å². The van der Waals surface area contributed by atoms with Gasteiger partial charge >= 0.3 is 0 Å². The summed E-state index contributed by atoms with van der Waals surface area (Å²) in [5.41, 5.74) is 2.29. The predicted octanol–water partition coefficient (Wildman–Crippen LogP) is -1.98. The van der Waals surface area contributed by atoms with Crippen molar-refractivity contribution in [1.29, 1.82) is 0 Å². The van der Waals surface area contributed by atoms with E-state index in [4.69, 9.17) is 0 Å². The van der Waals surface area contributed by atoms with Crippen molar-refractivity contribution in [3.05, 3.63) is 35.4 Å². The van der Waals surface area contributed by atoms with E-state index in [0.717, 1.165) is 17.0 Å². The van der Waals surface area contributed by atoms with E-state index in [1.807, 2.05) is 31.2 Å². The lowest BCUT2D eigenvalue weighted by atomic mass is 10.1. The second-order valence-electron chi connectivity index (χ2n) is 4.99. The number of hydrogen-bond donors (Lipinski definition) is 2. The van der Waals surface area contributed by atoms with Crippen LogP contribution in [0.25, 0.3) is 0 Å². The largest absolute Gasteiger partial charge is 0.550 e. The van der Waals surface area contributed by atoms with Gasteiger partial charge in [0.1, 0.15) is 6.54 Å². The first-order valence-corrected chi connectivity index (χ1v) is 6.44. The first kappa shape index (κ1) is 13.5. The SMILES string of the molecule is Cc1ccc(C[NH+]2CCNC(=O)[C@H]2CC(=O)[O-])cc1. The number of aliphatic carboxylic acids is 1. The summed E-state index contributed by atoms with van der Waals surface area (Å²) < 4.78 is 0. The number of hydrogen-bond acceptors (Lipinski definition) is 3. The fourth-order valence-electron chi connectivity index (χ4n) is 2.41. The third kappa shape index (κ3) is 3.54. The summed E-state index contributed by atoms with van der Waals surface area (Å²) in [5.74, 6) is -1.37. The number of carboxylic acids is 1. The van der Waals surface area contributed by atoms with E-state index < -0.39 is 12.0 Å². The molecule has 1 fully saturated rings. The van der Waals surface area contributed by atoms with E-state index in [1.54, 1.807) is 0 Å². The molecule has 0 spiro atoms. The maximum absolute atomic E-state index is 11.8. The highest BCUT2D eigenvalue weighted by Gasteiger charge is 2.33. The molecule has 5 heteroatoms. The molecule has 1 unspecified atom stereocenters. The number of amides is 1. The van der Waals surface area contributed by atoms with Gasteiger partial charge in [-0.15, -0.1) is 0 Å². The second-order valence-corrected chi connectivity index (χ2v) is 4.99. The number of carboxylic acid groups (broad SMARTS) is 1. The molecular formula is C14H18N2O3. The zero-order chi connectivity index (χ0) is 13.8. The van der Waals surface area contributed by atoms with E-state index in [0.29, 0.717) is 13.1 Å². The average Bonchev–Trinajstić information content (AvgIpc) is 2.36. The molecular weight excluding hydrogens is 244 g/mol. The molecule has 2 atom stereocenters. The van der Waals surface area contributed by atoms with Crippen LogP contribution in [0, 0.1) is 6.92 Å². The van der Waals surface area contributed by atoms with Crippen LogP contribution in [0.4, 0.5) is 0 Å². The zero-order valence-electron chi connectivity index (χ0n) is 10.9. The molecule has 2 rings (SSSR count). The minimum absolute atomic E-state index is 0.197. The number of benzene rings is 1. The van der Waals surface area contributed by atoms with Gasteiger partial charge in [-0.25, -0.2) is 0 Å². The van der Waals surface area contributed by atoms with Gasteiger partial charge < -0.3 is 20.1 Å². The number of quaternary nitrogens is 1. The minimum Gasteiger partial charge on any atom is -0.550 e. The molecule has 2 N–H and O–H groups in total. The Bertz CT molecular complexity index is 470. The summed E-state index contributed by atoms with van der Waals surface area (Å²) in [6.45, 7) is 4.00. The topological polar surface area (TPSA) is 73.7 Å². The third-order valence-corrected chi connectivity index (χ3v) is 3.48. The van der Waals surface area contributed by atoms with Gasteiger partial charge in [0.15, 0.2) is 6.04 Å². The van der Waals surface area contributed by atoms with E-state index in [1.165, 1.54) is 5.56 Å². The molecule has 1 aromatic rings. The number of carbonyl (C=O) groups excluding carboxylic acids is 2. The van der Waals surface area contributed by atoms with Crippen molar-refractivity contribution in [2.45, 2.75) is 25.9 Å². The Balaban J connectivity index is 2.09. The van der Waals surface area contributed by atoms with E-state index in [-0.39, 0.29) is 12.3 Å². The summed E-state index contributed by atoms with van der Waals surface area (Å²) in [4.78, 5) is 23.5. The average molecular weight is 262 g/mol. The van der Waals surface area contributed by atoms with Crippen molar-refractivity contribution in [3.63, 3.8) is 0 Å². The van der Waals surface area contributed by atoms with Gasteiger partial charge in [0.25, 0.3) is 5.91 Å². The fraction of sp³-hybridized carbons (Fsp3) is 0.429. The Morgan fingerprint density at radius 3 is 2.74 bits per heavy atom. The molecule has 1 heterocycles. The monoisotopic (exact) mass is 262 g/mol. The van der Waals surface area contributed by atoms with Crippen molar-refractivity contribution in [2.24, 2.45) is 0 Å². The lowest BCUT2D eigenvalue weighted by molar-refractivity contribution is -0.930. The number of nitrogens with one attached hydrogen (secondary N) is 2. The molecule has 1 saturated heterocycles. The number of piperazine rings is 1. The lowest BCUT2D eigenvalue weighted by Gasteiger charge is -2.32. The number of aryl methyl sites for hydroxylation is 1. The van der Waals surface area contributed by atoms with Gasteiger partial charge in [-0.2, -0.15) is 0 Å². The van der Waals surface area contributed by atoms with Gasteiger partial charge in [0.05, 0.1) is 13.1 Å². The first-order chi connectivity index (χ1) is 9.06. The molecule has 0 saturated carbocycles. The van der Waals surface area contributed by atoms with Crippen LogP contribution in [0.5, 0.6) is 0 Å². The summed E-state index contributed by atoms with van der Waals surface area (Å²) in [6, 6.07) is 7.52. The van der Waals surface area contributed by atoms with Crippen LogP contribution < -0.4 is 15.3 Å². The molecule has 1 aliphatic heterocycles. The summed E-state index contributed by atoms with van der Waals surface area (Å²) in [6.07, 6.45) is -0.229. The highest BCUT2D eigenvalue weighted by atomic mass is 16.4. The van der Waals surface area contributed by atoms with E-state index >= 15 is 0 Å². The van der Waals surface area contributed by atoms with Crippen molar-refractivity contribution < 1.29 is 19.6 Å². The summed E-state index contributed by atoms with van der Waals surface area (Å²) in [5, 5.41) is 13.5. The quantitative estimate of drug-likeness (QED) is 0.660. The Morgan fingerprint density at radius 1 is 1.42 bits per heavy atom. The number of rotatable bonds is 4. The molecule has 1 amide bonds. The van der Waals surface area contributed by atoms with Gasteiger partial charge in [0.2, 0.25) is 0 Å². The van der Waals surface area contributed by atoms with Crippen molar-refractivity contribution in [1.82, 2.24) is 5.32 Å². The molecule has 0 aromatic heterocycles. The van der Waals surface area contributed by atoms with Gasteiger partial charge in [0, 0.05) is 18.0 Å². The highest BCUT2D eigenvalue weighted by Crippen LogP contribution is 2.02. The molecule has 0 aliphatic carbocycles. The van der Waals surface area contributed by atoms with E-state index in [2.05, 4.69) is 5.32 Å². The van der Waals surface area contributed by atoms with Crippen LogP contribution in [0.2, 0.25) is 0 Å². The highest BCUT2D eigenvalue weighted by molar-refractivity contribution is 5.84. The standard InChI is InChI=1S/C14H18N2O3/c1-10-2-4-11(5-3-10)9-16-7-6-15-14(19)12(16)8-13(17)18/h2-5,12H,6-9H2,1H3,(H,15,19)(H,17,18)/t12-/m1/s1. The van der Waals surface area contributed by atoms with Crippen molar-refractivity contribution in [3.8, 4) is 0 Å². The minimum atomic E-state index is -1.18. The van der Waals surface area contributed by atoms with Crippen LogP contribution in [-0.4, -0.2) is 31.0 Å². The van der Waals surface area contributed by atoms with E-state index in [9.17, 15) is 14.7 Å². The Morgan fingerprint density at radius 2 is 2.11 bits per heavy atom. The fourth-order valence-corrected chi connectivity index (χ4v) is 2.41. The molecule has 102 valence electrons. The molecule has 5 nitrogen and oxygen atoms in total. The van der Waals surface area contributed by atoms with Crippen LogP contribution in [0.15, 0.2) is 24.3 Å². The van der Waals surface area contributed by atoms with Gasteiger partial charge in [-0.1, -0.05) is 29.8 Å².